The largest absolute Gasteiger partial charge is 0.330 e. The Balaban J connectivity index is 2.04. The second kappa shape index (κ2) is 4.84. The summed E-state index contributed by atoms with van der Waals surface area (Å²) in [5, 5.41) is 3.37. The average molecular weight is 238 g/mol. The summed E-state index contributed by atoms with van der Waals surface area (Å²) in [6.45, 7) is 5.25. The summed E-state index contributed by atoms with van der Waals surface area (Å²) in [5.74, 6) is 0.886. The fourth-order valence-electron chi connectivity index (χ4n) is 2.70. The molecule has 0 spiro atoms. The molecule has 1 saturated carbocycles. The van der Waals surface area contributed by atoms with E-state index in [4.69, 9.17) is 5.73 Å². The number of hydrogen-bond donors (Lipinski definition) is 1. The molecule has 2 N–H and O–H groups in total. The van der Waals surface area contributed by atoms with Gasteiger partial charge in [-0.15, -0.1) is 11.3 Å². The Hall–Kier alpha value is -0.410. The number of rotatable bonds is 3. The van der Waals surface area contributed by atoms with Crippen LogP contribution in [0.3, 0.4) is 0 Å². The molecule has 0 unspecified atom stereocenters. The second-order valence-corrected chi connectivity index (χ2v) is 6.48. The van der Waals surface area contributed by atoms with Gasteiger partial charge in [-0.1, -0.05) is 19.8 Å². The third kappa shape index (κ3) is 2.64. The van der Waals surface area contributed by atoms with Crippen molar-refractivity contribution in [3.05, 3.63) is 16.1 Å². The zero-order valence-electron chi connectivity index (χ0n) is 10.3. The van der Waals surface area contributed by atoms with Crippen molar-refractivity contribution in [1.82, 2.24) is 4.98 Å². The minimum Gasteiger partial charge on any atom is -0.330 e. The van der Waals surface area contributed by atoms with Gasteiger partial charge >= 0.3 is 0 Å². The van der Waals surface area contributed by atoms with Crippen molar-refractivity contribution >= 4 is 11.3 Å². The molecule has 3 heteroatoms. The maximum atomic E-state index is 6.01. The van der Waals surface area contributed by atoms with Crippen LogP contribution >= 0.6 is 11.3 Å². The van der Waals surface area contributed by atoms with Crippen molar-refractivity contribution in [1.29, 1.82) is 0 Å². The van der Waals surface area contributed by atoms with Crippen molar-refractivity contribution in [2.45, 2.75) is 46.0 Å². The van der Waals surface area contributed by atoms with Crippen molar-refractivity contribution in [2.24, 2.45) is 17.1 Å². The third-order valence-corrected chi connectivity index (χ3v) is 4.81. The minimum absolute atomic E-state index is 0.340. The molecule has 0 saturated heterocycles. The Kier molecular flexibility index (Phi) is 3.65. The van der Waals surface area contributed by atoms with Crippen LogP contribution in [0.15, 0.2) is 5.38 Å². The minimum atomic E-state index is 0.340. The van der Waals surface area contributed by atoms with E-state index in [1.807, 2.05) is 0 Å². The maximum Gasteiger partial charge on any atom is 0.0897 e. The van der Waals surface area contributed by atoms with E-state index in [9.17, 15) is 0 Å². The summed E-state index contributed by atoms with van der Waals surface area (Å²) < 4.78 is 0. The summed E-state index contributed by atoms with van der Waals surface area (Å²) in [5.41, 5.74) is 7.61. The van der Waals surface area contributed by atoms with Crippen LogP contribution in [0.1, 0.15) is 43.3 Å². The van der Waals surface area contributed by atoms with Crippen LogP contribution in [-0.4, -0.2) is 11.5 Å². The molecule has 0 bridgehead atoms. The smallest absolute Gasteiger partial charge is 0.0897 e. The molecule has 2 rings (SSSR count). The van der Waals surface area contributed by atoms with Gasteiger partial charge in [0.05, 0.1) is 10.7 Å². The van der Waals surface area contributed by atoms with Crippen LogP contribution in [0.5, 0.6) is 0 Å². The van der Waals surface area contributed by atoms with Gasteiger partial charge in [0.15, 0.2) is 0 Å². The highest BCUT2D eigenvalue weighted by atomic mass is 32.1. The maximum absolute atomic E-state index is 6.01. The summed E-state index contributed by atoms with van der Waals surface area (Å²) in [6, 6.07) is 0. The van der Waals surface area contributed by atoms with Gasteiger partial charge in [-0.05, 0) is 44.1 Å². The van der Waals surface area contributed by atoms with Gasteiger partial charge in [-0.25, -0.2) is 4.98 Å². The predicted molar refractivity (Wildman–Crippen MR) is 69.7 cm³/mol. The quantitative estimate of drug-likeness (QED) is 0.878. The molecule has 2 nitrogen and oxygen atoms in total. The van der Waals surface area contributed by atoms with Gasteiger partial charge in [-0.3, -0.25) is 0 Å². The molecule has 0 atom stereocenters. The molecule has 1 aromatic heterocycles. The lowest BCUT2D eigenvalue weighted by Crippen LogP contribution is -2.36. The average Bonchev–Trinajstić information content (AvgIpc) is 2.68. The first kappa shape index (κ1) is 12.1. The van der Waals surface area contributed by atoms with Gasteiger partial charge < -0.3 is 5.73 Å². The first-order valence-electron chi connectivity index (χ1n) is 6.25. The van der Waals surface area contributed by atoms with E-state index in [0.29, 0.717) is 5.41 Å². The summed E-state index contributed by atoms with van der Waals surface area (Å²) >= 11 is 1.75. The van der Waals surface area contributed by atoms with Crippen molar-refractivity contribution in [3.63, 3.8) is 0 Å². The van der Waals surface area contributed by atoms with Crippen LogP contribution in [0.4, 0.5) is 0 Å². The summed E-state index contributed by atoms with van der Waals surface area (Å²) in [6.07, 6.45) is 6.31. The molecule has 1 aliphatic rings. The zero-order valence-corrected chi connectivity index (χ0v) is 11.1. The highest BCUT2D eigenvalue weighted by Crippen LogP contribution is 2.40. The molecule has 0 aliphatic heterocycles. The van der Waals surface area contributed by atoms with Crippen molar-refractivity contribution in [3.8, 4) is 0 Å². The number of aromatic nitrogens is 1. The molecule has 0 radical (unpaired) electrons. The molecule has 1 heterocycles. The Morgan fingerprint density at radius 1 is 1.50 bits per heavy atom. The fourth-order valence-corrected chi connectivity index (χ4v) is 3.31. The molecule has 16 heavy (non-hydrogen) atoms. The van der Waals surface area contributed by atoms with Crippen molar-refractivity contribution < 1.29 is 0 Å². The van der Waals surface area contributed by atoms with Crippen LogP contribution in [0, 0.1) is 18.3 Å². The van der Waals surface area contributed by atoms with E-state index in [1.165, 1.54) is 36.4 Å². The number of hydrogen-bond acceptors (Lipinski definition) is 3. The topological polar surface area (TPSA) is 38.9 Å². The van der Waals surface area contributed by atoms with E-state index in [0.717, 1.165) is 18.9 Å². The Morgan fingerprint density at radius 3 is 2.69 bits per heavy atom. The predicted octanol–water partition coefficient (Wildman–Crippen LogP) is 3.15. The van der Waals surface area contributed by atoms with Gasteiger partial charge in [0.1, 0.15) is 0 Å². The van der Waals surface area contributed by atoms with Gasteiger partial charge in [-0.2, -0.15) is 0 Å². The van der Waals surface area contributed by atoms with E-state index >= 15 is 0 Å². The molecule has 1 aromatic rings. The molecule has 1 fully saturated rings. The van der Waals surface area contributed by atoms with E-state index in [-0.39, 0.29) is 0 Å². The van der Waals surface area contributed by atoms with Crippen LogP contribution in [0.2, 0.25) is 0 Å². The van der Waals surface area contributed by atoms with Crippen molar-refractivity contribution in [2.75, 3.05) is 6.54 Å². The van der Waals surface area contributed by atoms with Gasteiger partial charge in [0.25, 0.3) is 0 Å². The van der Waals surface area contributed by atoms with Gasteiger partial charge in [0.2, 0.25) is 0 Å². The highest BCUT2D eigenvalue weighted by molar-refractivity contribution is 7.09. The molecule has 0 amide bonds. The Bertz CT molecular complexity index is 337. The zero-order chi connectivity index (χ0) is 11.6. The first-order valence-corrected chi connectivity index (χ1v) is 7.13. The van der Waals surface area contributed by atoms with E-state index in [2.05, 4.69) is 24.2 Å². The lowest BCUT2D eigenvalue weighted by molar-refractivity contribution is 0.162. The summed E-state index contributed by atoms with van der Waals surface area (Å²) in [7, 11) is 0. The Labute approximate surface area is 102 Å². The lowest BCUT2D eigenvalue weighted by Gasteiger charge is -2.38. The summed E-state index contributed by atoms with van der Waals surface area (Å²) in [4.78, 5) is 4.58. The second-order valence-electron chi connectivity index (χ2n) is 5.42. The van der Waals surface area contributed by atoms with E-state index in [1.54, 1.807) is 11.3 Å². The third-order valence-electron chi connectivity index (χ3n) is 3.99. The van der Waals surface area contributed by atoms with Crippen LogP contribution in [-0.2, 0) is 6.42 Å². The number of thiazole rings is 1. The monoisotopic (exact) mass is 238 g/mol. The molecular formula is C13H22N2S. The first-order chi connectivity index (χ1) is 7.63. The van der Waals surface area contributed by atoms with E-state index < -0.39 is 0 Å². The van der Waals surface area contributed by atoms with Gasteiger partial charge in [0, 0.05) is 5.38 Å². The lowest BCUT2D eigenvalue weighted by atomic mass is 9.68. The number of nitrogens with two attached hydrogens (primary N) is 1. The molecular weight excluding hydrogens is 216 g/mol. The van der Waals surface area contributed by atoms with Crippen LogP contribution in [0.25, 0.3) is 0 Å². The highest BCUT2D eigenvalue weighted by Gasteiger charge is 2.33. The SMILES string of the molecule is Cc1nc(CC2(CN)CCC(C)CC2)cs1. The molecule has 90 valence electrons. The standard InChI is InChI=1S/C13H22N2S/c1-10-3-5-13(9-14,6-4-10)7-12-8-16-11(2)15-12/h8,10H,3-7,9,14H2,1-2H3. The van der Waals surface area contributed by atoms with Crippen LogP contribution < -0.4 is 5.73 Å². The molecule has 0 aromatic carbocycles. The fraction of sp³-hybridized carbons (Fsp3) is 0.769. The molecule has 1 aliphatic carbocycles. The Morgan fingerprint density at radius 2 is 2.19 bits per heavy atom. The number of nitrogens with zero attached hydrogens (tertiary/aromatic N) is 1. The normalized spacial score (nSPS) is 30.6. The number of aryl methyl sites for hydroxylation is 1.